The summed E-state index contributed by atoms with van der Waals surface area (Å²) < 4.78 is 0. The average Bonchev–Trinajstić information content (AvgIpc) is 2.18. The Morgan fingerprint density at radius 1 is 1.46 bits per heavy atom. The zero-order chi connectivity index (χ0) is 9.52. The van der Waals surface area contributed by atoms with E-state index in [1.165, 1.54) is 25.7 Å². The number of hydrogen-bond acceptors (Lipinski definition) is 3. The second kappa shape index (κ2) is 5.97. The van der Waals surface area contributed by atoms with Crippen LogP contribution in [0.1, 0.15) is 39.0 Å². The van der Waals surface area contributed by atoms with E-state index in [1.54, 1.807) is 0 Å². The maximum Gasteiger partial charge on any atom is 0.0977 e. The molecule has 3 heteroatoms. The highest BCUT2D eigenvalue weighted by atomic mass is 15.0. The highest BCUT2D eigenvalue weighted by molar-refractivity contribution is 5.82. The monoisotopic (exact) mass is 183 g/mol. The molecule has 76 valence electrons. The topological polar surface area (TPSA) is 50.4 Å². The van der Waals surface area contributed by atoms with E-state index in [9.17, 15) is 0 Å². The van der Waals surface area contributed by atoms with Crippen molar-refractivity contribution in [3.8, 4) is 0 Å². The van der Waals surface area contributed by atoms with Gasteiger partial charge in [0.2, 0.25) is 0 Å². The molecule has 0 aromatic rings. The van der Waals surface area contributed by atoms with Crippen LogP contribution in [-0.2, 0) is 0 Å². The molecule has 0 fully saturated rings. The molecule has 1 aliphatic rings. The van der Waals surface area contributed by atoms with E-state index < -0.39 is 0 Å². The summed E-state index contributed by atoms with van der Waals surface area (Å²) in [6, 6.07) is 0.559. The molecule has 1 rings (SSSR count). The molecule has 0 saturated carbocycles. The third-order valence-corrected chi connectivity index (χ3v) is 2.39. The van der Waals surface area contributed by atoms with Gasteiger partial charge in [0.15, 0.2) is 0 Å². The second-order valence-corrected chi connectivity index (χ2v) is 3.76. The van der Waals surface area contributed by atoms with Gasteiger partial charge in [-0.05, 0) is 26.3 Å². The lowest BCUT2D eigenvalue weighted by Crippen LogP contribution is -2.33. The van der Waals surface area contributed by atoms with Crippen LogP contribution < -0.4 is 11.1 Å². The summed E-state index contributed by atoms with van der Waals surface area (Å²) in [5, 5.41) is 3.43. The Balaban J connectivity index is 2.45. The van der Waals surface area contributed by atoms with Crippen molar-refractivity contribution < 1.29 is 0 Å². The molecule has 3 N–H and O–H groups in total. The van der Waals surface area contributed by atoms with Gasteiger partial charge in [0.1, 0.15) is 0 Å². The van der Waals surface area contributed by atoms with E-state index in [-0.39, 0.29) is 0 Å². The first-order valence-electron chi connectivity index (χ1n) is 5.33. The zero-order valence-electron chi connectivity index (χ0n) is 8.55. The number of aliphatic imine (C=N–C) groups is 1. The lowest BCUT2D eigenvalue weighted by molar-refractivity contribution is 0.556. The molecule has 1 unspecified atom stereocenters. The Bertz CT molecular complexity index is 166. The first-order valence-corrected chi connectivity index (χ1v) is 5.33. The Hall–Kier alpha value is -0.570. The average molecular weight is 183 g/mol. The van der Waals surface area contributed by atoms with E-state index in [2.05, 4.69) is 17.2 Å². The predicted octanol–water partition coefficient (Wildman–Crippen LogP) is 1.29. The van der Waals surface area contributed by atoms with Gasteiger partial charge in [-0.1, -0.05) is 12.8 Å². The molecule has 0 bridgehead atoms. The van der Waals surface area contributed by atoms with Gasteiger partial charge in [0.05, 0.1) is 5.84 Å². The predicted molar refractivity (Wildman–Crippen MR) is 57.0 cm³/mol. The highest BCUT2D eigenvalue weighted by Gasteiger charge is 2.06. The van der Waals surface area contributed by atoms with Crippen LogP contribution in [0.15, 0.2) is 4.99 Å². The number of nitrogens with one attached hydrogen (secondary N) is 1. The van der Waals surface area contributed by atoms with Gasteiger partial charge in [0.25, 0.3) is 0 Å². The quantitative estimate of drug-likeness (QED) is 0.677. The van der Waals surface area contributed by atoms with Gasteiger partial charge >= 0.3 is 0 Å². The minimum atomic E-state index is 0.559. The molecular formula is C10H21N3. The van der Waals surface area contributed by atoms with Gasteiger partial charge in [-0.3, -0.25) is 4.99 Å². The lowest BCUT2D eigenvalue weighted by Gasteiger charge is -2.15. The van der Waals surface area contributed by atoms with Crippen molar-refractivity contribution in [1.29, 1.82) is 0 Å². The Morgan fingerprint density at radius 3 is 3.08 bits per heavy atom. The number of nitrogens with zero attached hydrogens (tertiary/aromatic N) is 1. The van der Waals surface area contributed by atoms with Crippen molar-refractivity contribution in [1.82, 2.24) is 5.32 Å². The molecule has 0 amide bonds. The summed E-state index contributed by atoms with van der Waals surface area (Å²) in [5.74, 6) is 1.11. The lowest BCUT2D eigenvalue weighted by atomic mass is 10.1. The first kappa shape index (κ1) is 10.5. The number of amidine groups is 1. The molecule has 0 aliphatic carbocycles. The van der Waals surface area contributed by atoms with Crippen LogP contribution in [-0.4, -0.2) is 25.0 Å². The molecule has 0 spiro atoms. The fourth-order valence-electron chi connectivity index (χ4n) is 1.64. The number of nitrogens with two attached hydrogens (primary N) is 1. The molecule has 1 atom stereocenters. The standard InChI is InChI=1S/C10H21N3/c1-9-5-3-2-4-8-12-10(13-9)6-7-11/h9H,2-8,11H2,1H3,(H,12,13). The van der Waals surface area contributed by atoms with Crippen molar-refractivity contribution in [3.05, 3.63) is 0 Å². The summed E-state index contributed by atoms with van der Waals surface area (Å²) in [5.41, 5.74) is 5.51. The normalized spacial score (nSPS) is 25.1. The second-order valence-electron chi connectivity index (χ2n) is 3.76. The Kier molecular flexibility index (Phi) is 4.83. The molecule has 1 heterocycles. The first-order chi connectivity index (χ1) is 6.33. The van der Waals surface area contributed by atoms with Crippen LogP contribution in [0.4, 0.5) is 0 Å². The molecule has 0 aromatic heterocycles. The summed E-state index contributed by atoms with van der Waals surface area (Å²) in [7, 11) is 0. The van der Waals surface area contributed by atoms with Crippen molar-refractivity contribution in [2.75, 3.05) is 13.1 Å². The van der Waals surface area contributed by atoms with Crippen LogP contribution in [0.5, 0.6) is 0 Å². The number of rotatable bonds is 2. The fourth-order valence-corrected chi connectivity index (χ4v) is 1.64. The molecular weight excluding hydrogens is 162 g/mol. The van der Waals surface area contributed by atoms with E-state index >= 15 is 0 Å². The van der Waals surface area contributed by atoms with Crippen molar-refractivity contribution in [2.24, 2.45) is 10.7 Å². The smallest absolute Gasteiger partial charge is 0.0977 e. The van der Waals surface area contributed by atoms with Gasteiger partial charge in [-0.2, -0.15) is 0 Å². The van der Waals surface area contributed by atoms with Gasteiger partial charge in [0, 0.05) is 19.0 Å². The molecule has 0 radical (unpaired) electrons. The zero-order valence-corrected chi connectivity index (χ0v) is 8.55. The molecule has 0 saturated heterocycles. The minimum Gasteiger partial charge on any atom is -0.371 e. The third-order valence-electron chi connectivity index (χ3n) is 2.39. The van der Waals surface area contributed by atoms with E-state index in [4.69, 9.17) is 5.73 Å². The van der Waals surface area contributed by atoms with Crippen molar-refractivity contribution in [2.45, 2.75) is 45.1 Å². The SMILES string of the molecule is CC1CCCCCN=C(CCN)N1. The molecule has 0 aromatic carbocycles. The maximum absolute atomic E-state index is 5.51. The molecule has 1 aliphatic heterocycles. The third kappa shape index (κ3) is 4.27. The van der Waals surface area contributed by atoms with Crippen molar-refractivity contribution in [3.63, 3.8) is 0 Å². The minimum absolute atomic E-state index is 0.559. The van der Waals surface area contributed by atoms with E-state index in [0.29, 0.717) is 12.6 Å². The molecule has 3 nitrogen and oxygen atoms in total. The van der Waals surface area contributed by atoms with Gasteiger partial charge in [-0.25, -0.2) is 0 Å². The number of hydrogen-bond donors (Lipinski definition) is 2. The van der Waals surface area contributed by atoms with Crippen LogP contribution in [0.25, 0.3) is 0 Å². The maximum atomic E-state index is 5.51. The van der Waals surface area contributed by atoms with E-state index in [1.807, 2.05) is 0 Å². The van der Waals surface area contributed by atoms with Crippen molar-refractivity contribution >= 4 is 5.84 Å². The summed E-state index contributed by atoms with van der Waals surface area (Å²) in [6.45, 7) is 3.88. The summed E-state index contributed by atoms with van der Waals surface area (Å²) >= 11 is 0. The highest BCUT2D eigenvalue weighted by Crippen LogP contribution is 2.06. The largest absolute Gasteiger partial charge is 0.371 e. The van der Waals surface area contributed by atoms with Crippen LogP contribution in [0.3, 0.4) is 0 Å². The van der Waals surface area contributed by atoms with Gasteiger partial charge < -0.3 is 11.1 Å². The molecule has 13 heavy (non-hydrogen) atoms. The van der Waals surface area contributed by atoms with Crippen LogP contribution in [0.2, 0.25) is 0 Å². The summed E-state index contributed by atoms with van der Waals surface area (Å²) in [6.07, 6.45) is 6.00. The van der Waals surface area contributed by atoms with Gasteiger partial charge in [-0.15, -0.1) is 0 Å². The Labute approximate surface area is 80.8 Å². The van der Waals surface area contributed by atoms with Crippen LogP contribution in [0, 0.1) is 0 Å². The Morgan fingerprint density at radius 2 is 2.31 bits per heavy atom. The fraction of sp³-hybridized carbons (Fsp3) is 0.900. The van der Waals surface area contributed by atoms with E-state index in [0.717, 1.165) is 18.8 Å². The summed E-state index contributed by atoms with van der Waals surface area (Å²) in [4.78, 5) is 4.51. The van der Waals surface area contributed by atoms with Crippen LogP contribution >= 0.6 is 0 Å².